The lowest BCUT2D eigenvalue weighted by atomic mass is 10.2. The molecule has 2 fully saturated rings. The summed E-state index contributed by atoms with van der Waals surface area (Å²) in [6.45, 7) is 5.07. The van der Waals surface area contributed by atoms with Crippen molar-refractivity contribution >= 4 is 33.5 Å². The van der Waals surface area contributed by atoms with Crippen LogP contribution in [0.2, 0.25) is 0 Å². The van der Waals surface area contributed by atoms with Gasteiger partial charge in [-0.3, -0.25) is 4.90 Å². The molecule has 2 aliphatic rings. The summed E-state index contributed by atoms with van der Waals surface area (Å²) in [6.07, 6.45) is 0.0796. The number of ether oxygens (including phenoxy) is 1. The monoisotopic (exact) mass is 463 g/mol. The molecule has 1 aromatic heterocycles. The molecule has 0 radical (unpaired) electrons. The Labute approximate surface area is 185 Å². The van der Waals surface area contributed by atoms with E-state index in [0.717, 1.165) is 0 Å². The first-order valence-corrected chi connectivity index (χ1v) is 11.7. The molecule has 3 amide bonds. The fourth-order valence-electron chi connectivity index (χ4n) is 3.89. The van der Waals surface area contributed by atoms with Crippen molar-refractivity contribution in [1.29, 1.82) is 0 Å². The average molecular weight is 464 g/mol. The predicted octanol–water partition coefficient (Wildman–Crippen LogP) is 2.18. The van der Waals surface area contributed by atoms with Crippen molar-refractivity contribution in [3.8, 4) is 0 Å². The van der Waals surface area contributed by atoms with Crippen molar-refractivity contribution in [2.24, 2.45) is 0 Å². The first kappa shape index (κ1) is 22.1. The number of nitrogens with one attached hydrogen (secondary N) is 1. The van der Waals surface area contributed by atoms with Crippen LogP contribution in [0.4, 0.5) is 21.0 Å². The number of rotatable bonds is 4. The van der Waals surface area contributed by atoms with Gasteiger partial charge in [-0.15, -0.1) is 0 Å². The van der Waals surface area contributed by atoms with E-state index in [-0.39, 0.29) is 29.8 Å². The second-order valence-corrected chi connectivity index (χ2v) is 9.52. The van der Waals surface area contributed by atoms with Crippen LogP contribution in [-0.2, 0) is 14.8 Å². The summed E-state index contributed by atoms with van der Waals surface area (Å²) < 4.78 is 37.5. The molecule has 3 heterocycles. The summed E-state index contributed by atoms with van der Waals surface area (Å²) in [5, 5.41) is 6.58. The van der Waals surface area contributed by atoms with Crippen LogP contribution in [0.15, 0.2) is 33.7 Å². The fraction of sp³-hybridized carbons (Fsp3) is 0.450. The summed E-state index contributed by atoms with van der Waals surface area (Å²) >= 11 is 0. The van der Waals surface area contributed by atoms with Crippen LogP contribution in [0.3, 0.4) is 0 Å². The van der Waals surface area contributed by atoms with E-state index in [1.165, 1.54) is 9.21 Å². The molecule has 4 rings (SSSR count). The third-order valence-corrected chi connectivity index (χ3v) is 7.62. The Bertz CT molecular complexity index is 1110. The van der Waals surface area contributed by atoms with Crippen molar-refractivity contribution in [2.75, 3.05) is 49.5 Å². The van der Waals surface area contributed by atoms with Gasteiger partial charge in [0.2, 0.25) is 10.0 Å². The highest BCUT2D eigenvalue weighted by atomic mass is 32.2. The predicted molar refractivity (Wildman–Crippen MR) is 115 cm³/mol. The van der Waals surface area contributed by atoms with E-state index < -0.39 is 16.1 Å². The van der Waals surface area contributed by atoms with Gasteiger partial charge in [-0.2, -0.15) is 4.31 Å². The van der Waals surface area contributed by atoms with Crippen LogP contribution in [-0.4, -0.2) is 74.2 Å². The number of cyclic esters (lactones) is 1. The second kappa shape index (κ2) is 8.79. The third kappa shape index (κ3) is 4.28. The number of sulfonamides is 1. The molecule has 1 aromatic carbocycles. The SMILES string of the molecule is Cc1noc(C)c1S(=O)(=O)N1CCCN(C(=O)Nc2cccc(N3CCOC3=O)c2)CC1. The minimum absolute atomic E-state index is 0.0904. The minimum atomic E-state index is -3.76. The zero-order valence-corrected chi connectivity index (χ0v) is 18.7. The maximum absolute atomic E-state index is 13.1. The van der Waals surface area contributed by atoms with Crippen LogP contribution >= 0.6 is 0 Å². The van der Waals surface area contributed by atoms with Gasteiger partial charge in [-0.05, 0) is 38.5 Å². The summed E-state index contributed by atoms with van der Waals surface area (Å²) in [5.74, 6) is 0.253. The summed E-state index contributed by atoms with van der Waals surface area (Å²) in [5.41, 5.74) is 1.50. The molecular formula is C20H25N5O6S. The number of aryl methyl sites for hydroxylation is 2. The van der Waals surface area contributed by atoms with Gasteiger partial charge in [-0.1, -0.05) is 11.2 Å². The van der Waals surface area contributed by atoms with E-state index in [0.29, 0.717) is 49.7 Å². The lowest BCUT2D eigenvalue weighted by Crippen LogP contribution is -2.39. The number of carbonyl (C=O) groups is 2. The lowest BCUT2D eigenvalue weighted by Gasteiger charge is -2.22. The van der Waals surface area contributed by atoms with Gasteiger partial charge in [-0.25, -0.2) is 18.0 Å². The average Bonchev–Trinajstić information content (AvgIpc) is 3.22. The molecule has 2 aromatic rings. The molecule has 0 spiro atoms. The molecule has 0 unspecified atom stereocenters. The van der Waals surface area contributed by atoms with E-state index >= 15 is 0 Å². The molecular weight excluding hydrogens is 438 g/mol. The molecule has 1 N–H and O–H groups in total. The van der Waals surface area contributed by atoms with Crippen molar-refractivity contribution in [3.63, 3.8) is 0 Å². The minimum Gasteiger partial charge on any atom is -0.447 e. The van der Waals surface area contributed by atoms with E-state index in [1.807, 2.05) is 0 Å². The molecule has 12 heteroatoms. The van der Waals surface area contributed by atoms with Crippen LogP contribution in [0, 0.1) is 13.8 Å². The molecule has 32 heavy (non-hydrogen) atoms. The van der Waals surface area contributed by atoms with Gasteiger partial charge < -0.3 is 19.5 Å². The molecule has 172 valence electrons. The normalized spacial score (nSPS) is 17.9. The Morgan fingerprint density at radius 2 is 1.94 bits per heavy atom. The van der Waals surface area contributed by atoms with Crippen molar-refractivity contribution in [2.45, 2.75) is 25.2 Å². The first-order valence-electron chi connectivity index (χ1n) is 10.3. The highest BCUT2D eigenvalue weighted by Gasteiger charge is 2.33. The van der Waals surface area contributed by atoms with Crippen molar-refractivity contribution in [1.82, 2.24) is 14.4 Å². The fourth-order valence-corrected chi connectivity index (χ4v) is 5.65. The van der Waals surface area contributed by atoms with Gasteiger partial charge in [0, 0.05) is 37.6 Å². The number of hydrogen-bond acceptors (Lipinski definition) is 7. The number of nitrogens with zero attached hydrogens (tertiary/aromatic N) is 4. The Morgan fingerprint density at radius 1 is 1.12 bits per heavy atom. The highest BCUT2D eigenvalue weighted by Crippen LogP contribution is 2.25. The third-order valence-electron chi connectivity index (χ3n) is 5.48. The Kier molecular flexibility index (Phi) is 6.07. The van der Waals surface area contributed by atoms with E-state index in [2.05, 4.69) is 10.5 Å². The number of urea groups is 1. The molecule has 0 saturated carbocycles. The van der Waals surface area contributed by atoms with Crippen LogP contribution in [0.25, 0.3) is 0 Å². The number of hydrogen-bond donors (Lipinski definition) is 1. The quantitative estimate of drug-likeness (QED) is 0.737. The van der Waals surface area contributed by atoms with Gasteiger partial charge in [0.05, 0.1) is 6.54 Å². The maximum atomic E-state index is 13.1. The number of amides is 3. The molecule has 11 nitrogen and oxygen atoms in total. The highest BCUT2D eigenvalue weighted by molar-refractivity contribution is 7.89. The van der Waals surface area contributed by atoms with E-state index in [4.69, 9.17) is 9.26 Å². The van der Waals surface area contributed by atoms with Gasteiger partial charge in [0.25, 0.3) is 0 Å². The standard InChI is InChI=1S/C20H25N5O6S/c1-14-18(15(2)31-22-14)32(28,29)24-8-4-7-23(9-10-24)19(26)21-16-5-3-6-17(13-16)25-11-12-30-20(25)27/h3,5-6,13H,4,7-12H2,1-2H3,(H,21,26). The Hall–Kier alpha value is -3.12. The summed E-state index contributed by atoms with van der Waals surface area (Å²) in [7, 11) is -3.76. The summed E-state index contributed by atoms with van der Waals surface area (Å²) in [6, 6.07) is 6.62. The largest absolute Gasteiger partial charge is 0.447 e. The number of aromatic nitrogens is 1. The van der Waals surface area contributed by atoms with Crippen molar-refractivity contribution < 1.29 is 27.3 Å². The molecule has 0 atom stereocenters. The van der Waals surface area contributed by atoms with E-state index in [9.17, 15) is 18.0 Å². The molecule has 0 aliphatic carbocycles. The maximum Gasteiger partial charge on any atom is 0.414 e. The van der Waals surface area contributed by atoms with Crippen LogP contribution < -0.4 is 10.2 Å². The first-order chi connectivity index (χ1) is 15.3. The molecule has 0 bridgehead atoms. The smallest absolute Gasteiger partial charge is 0.414 e. The van der Waals surface area contributed by atoms with E-state index in [1.54, 1.807) is 43.0 Å². The zero-order chi connectivity index (χ0) is 22.9. The number of anilines is 2. The Morgan fingerprint density at radius 3 is 2.62 bits per heavy atom. The van der Waals surface area contributed by atoms with Gasteiger partial charge >= 0.3 is 12.1 Å². The topological polar surface area (TPSA) is 125 Å². The van der Waals surface area contributed by atoms with Crippen LogP contribution in [0.1, 0.15) is 17.9 Å². The van der Waals surface area contributed by atoms with Crippen molar-refractivity contribution in [3.05, 3.63) is 35.7 Å². The summed E-state index contributed by atoms with van der Waals surface area (Å²) in [4.78, 5) is 27.8. The number of carbonyl (C=O) groups excluding carboxylic acids is 2. The molecule has 2 aliphatic heterocycles. The van der Waals surface area contributed by atoms with Crippen LogP contribution in [0.5, 0.6) is 0 Å². The second-order valence-electron chi connectivity index (χ2n) is 7.64. The Balaban J connectivity index is 1.42. The van der Waals surface area contributed by atoms with Gasteiger partial charge in [0.15, 0.2) is 5.76 Å². The zero-order valence-electron chi connectivity index (χ0n) is 17.9. The lowest BCUT2D eigenvalue weighted by molar-refractivity contribution is 0.181. The molecule has 2 saturated heterocycles. The number of benzene rings is 1. The van der Waals surface area contributed by atoms with Gasteiger partial charge in [0.1, 0.15) is 17.2 Å².